The lowest BCUT2D eigenvalue weighted by molar-refractivity contribution is -0.0511. The van der Waals surface area contributed by atoms with Gasteiger partial charge in [-0.05, 0) is 35.2 Å². The van der Waals surface area contributed by atoms with Crippen LogP contribution in [0, 0.1) is 11.3 Å². The van der Waals surface area contributed by atoms with Gasteiger partial charge in [-0.1, -0.05) is 22.8 Å². The Morgan fingerprint density at radius 3 is 2.89 bits per heavy atom. The van der Waals surface area contributed by atoms with Gasteiger partial charge in [-0.2, -0.15) is 19.0 Å². The third kappa shape index (κ3) is 4.24. The molecule has 27 heavy (non-hydrogen) atoms. The SMILES string of the molecule is COc1cc(/C=C(\C#N)c2nc(-c3cccs3)no2)cc(Cl)c1OC(F)F. The molecule has 6 nitrogen and oxygen atoms in total. The molecule has 2 aromatic heterocycles. The van der Waals surface area contributed by atoms with E-state index in [0.29, 0.717) is 11.4 Å². The van der Waals surface area contributed by atoms with Crippen molar-refractivity contribution < 1.29 is 22.8 Å². The minimum absolute atomic E-state index is 0.00357. The fraction of sp³-hybridized carbons (Fsp3) is 0.118. The first-order chi connectivity index (χ1) is 13.0. The molecule has 0 saturated heterocycles. The molecule has 0 unspecified atom stereocenters. The van der Waals surface area contributed by atoms with E-state index in [1.165, 1.54) is 36.7 Å². The number of rotatable bonds is 6. The lowest BCUT2D eigenvalue weighted by Gasteiger charge is -2.12. The first-order valence-electron chi connectivity index (χ1n) is 7.34. The number of hydrogen-bond acceptors (Lipinski definition) is 7. The summed E-state index contributed by atoms with van der Waals surface area (Å²) in [5, 5.41) is 15.0. The highest BCUT2D eigenvalue weighted by Crippen LogP contribution is 2.38. The molecule has 0 radical (unpaired) electrons. The maximum atomic E-state index is 12.5. The number of aromatic nitrogens is 2. The normalized spacial score (nSPS) is 11.5. The van der Waals surface area contributed by atoms with Gasteiger partial charge in [0.15, 0.2) is 11.5 Å². The van der Waals surface area contributed by atoms with E-state index in [9.17, 15) is 14.0 Å². The van der Waals surface area contributed by atoms with Gasteiger partial charge in [0.2, 0.25) is 5.82 Å². The molecule has 0 bridgehead atoms. The Labute approximate surface area is 161 Å². The van der Waals surface area contributed by atoms with E-state index < -0.39 is 6.61 Å². The van der Waals surface area contributed by atoms with Crippen molar-refractivity contribution in [2.75, 3.05) is 7.11 Å². The number of benzene rings is 1. The van der Waals surface area contributed by atoms with Crippen LogP contribution in [0.1, 0.15) is 11.5 Å². The average molecular weight is 410 g/mol. The van der Waals surface area contributed by atoms with Crippen molar-refractivity contribution in [3.8, 4) is 28.3 Å². The zero-order valence-electron chi connectivity index (χ0n) is 13.6. The van der Waals surface area contributed by atoms with Crippen molar-refractivity contribution in [3.05, 3.63) is 46.1 Å². The Hall–Kier alpha value is -2.96. The molecule has 0 aliphatic rings. The Morgan fingerprint density at radius 1 is 1.44 bits per heavy atom. The number of halogens is 3. The Kier molecular flexibility index (Phi) is 5.69. The van der Waals surface area contributed by atoms with Gasteiger partial charge < -0.3 is 14.0 Å². The molecule has 0 saturated carbocycles. The molecule has 0 spiro atoms. The highest BCUT2D eigenvalue weighted by atomic mass is 35.5. The minimum Gasteiger partial charge on any atom is -0.493 e. The molecule has 138 valence electrons. The number of nitrogens with zero attached hydrogens (tertiary/aromatic N) is 3. The summed E-state index contributed by atoms with van der Waals surface area (Å²) >= 11 is 7.43. The maximum absolute atomic E-state index is 12.5. The maximum Gasteiger partial charge on any atom is 0.387 e. The monoisotopic (exact) mass is 409 g/mol. The van der Waals surface area contributed by atoms with E-state index in [4.69, 9.17) is 20.9 Å². The van der Waals surface area contributed by atoms with E-state index in [0.717, 1.165) is 4.88 Å². The van der Waals surface area contributed by atoms with Crippen LogP contribution in [0.4, 0.5) is 8.78 Å². The van der Waals surface area contributed by atoms with E-state index in [2.05, 4.69) is 14.9 Å². The molecule has 0 atom stereocenters. The highest BCUT2D eigenvalue weighted by Gasteiger charge is 2.18. The second-order valence-electron chi connectivity index (χ2n) is 4.98. The van der Waals surface area contributed by atoms with Crippen LogP contribution in [0.25, 0.3) is 22.4 Å². The number of ether oxygens (including phenoxy) is 2. The third-order valence-electron chi connectivity index (χ3n) is 3.29. The molecule has 0 fully saturated rings. The topological polar surface area (TPSA) is 81.2 Å². The van der Waals surface area contributed by atoms with Gasteiger partial charge in [0.05, 0.1) is 17.0 Å². The lowest BCUT2D eigenvalue weighted by atomic mass is 10.1. The smallest absolute Gasteiger partial charge is 0.387 e. The summed E-state index contributed by atoms with van der Waals surface area (Å²) in [4.78, 5) is 4.99. The first-order valence-corrected chi connectivity index (χ1v) is 8.59. The van der Waals surface area contributed by atoms with Gasteiger partial charge in [-0.15, -0.1) is 11.3 Å². The standard InChI is InChI=1S/C17H10ClF2N3O3S/c1-24-12-7-9(6-11(18)14(12)25-17(19)20)5-10(8-21)16-22-15(23-26-16)13-3-2-4-27-13/h2-7,17H,1H3/b10-5+. The molecule has 0 aliphatic carbocycles. The van der Waals surface area contributed by atoms with Crippen molar-refractivity contribution >= 4 is 34.6 Å². The van der Waals surface area contributed by atoms with Gasteiger partial charge in [0.1, 0.15) is 11.6 Å². The first kappa shape index (κ1) is 18.8. The van der Waals surface area contributed by atoms with Crippen molar-refractivity contribution in [3.63, 3.8) is 0 Å². The lowest BCUT2D eigenvalue weighted by Crippen LogP contribution is -2.04. The fourth-order valence-corrected chi connectivity index (χ4v) is 3.09. The summed E-state index contributed by atoms with van der Waals surface area (Å²) in [5.74, 6) is 0.0834. The quantitative estimate of drug-likeness (QED) is 0.525. The predicted octanol–water partition coefficient (Wildman–Crippen LogP) is 5.13. The van der Waals surface area contributed by atoms with Crippen LogP contribution in [0.2, 0.25) is 5.02 Å². The zero-order valence-corrected chi connectivity index (χ0v) is 15.2. The molecular formula is C17H10ClF2N3O3S. The summed E-state index contributed by atoms with van der Waals surface area (Å²) in [5.41, 5.74) is 0.483. The van der Waals surface area contributed by atoms with Gasteiger partial charge >= 0.3 is 6.61 Å². The van der Waals surface area contributed by atoms with Crippen molar-refractivity contribution in [2.45, 2.75) is 6.61 Å². The number of nitriles is 1. The predicted molar refractivity (Wildman–Crippen MR) is 95.7 cm³/mol. The molecule has 3 aromatic rings. The molecule has 0 amide bonds. The fourth-order valence-electron chi connectivity index (χ4n) is 2.17. The molecule has 0 aliphatic heterocycles. The number of thiophene rings is 1. The Morgan fingerprint density at radius 2 is 2.26 bits per heavy atom. The van der Waals surface area contributed by atoms with Crippen molar-refractivity contribution in [1.82, 2.24) is 10.1 Å². The molecule has 1 aromatic carbocycles. The van der Waals surface area contributed by atoms with Crippen LogP contribution in [-0.2, 0) is 0 Å². The van der Waals surface area contributed by atoms with E-state index >= 15 is 0 Å². The van der Waals surface area contributed by atoms with E-state index in [1.54, 1.807) is 0 Å². The van der Waals surface area contributed by atoms with Crippen LogP contribution in [0.15, 0.2) is 34.2 Å². The van der Waals surface area contributed by atoms with Gasteiger partial charge in [0.25, 0.3) is 5.89 Å². The highest BCUT2D eigenvalue weighted by molar-refractivity contribution is 7.13. The summed E-state index contributed by atoms with van der Waals surface area (Å²) < 4.78 is 39.6. The third-order valence-corrected chi connectivity index (χ3v) is 4.43. The molecule has 2 heterocycles. The molecule has 0 N–H and O–H groups in total. The summed E-state index contributed by atoms with van der Waals surface area (Å²) in [6, 6.07) is 8.38. The van der Waals surface area contributed by atoms with Crippen molar-refractivity contribution in [1.29, 1.82) is 5.26 Å². The average Bonchev–Trinajstić information content (AvgIpc) is 3.32. The minimum atomic E-state index is -3.05. The van der Waals surface area contributed by atoms with Gasteiger partial charge in [-0.25, -0.2) is 0 Å². The zero-order chi connectivity index (χ0) is 19.4. The van der Waals surface area contributed by atoms with Crippen LogP contribution in [0.3, 0.4) is 0 Å². The number of alkyl halides is 2. The van der Waals surface area contributed by atoms with Gasteiger partial charge in [0, 0.05) is 0 Å². The Bertz CT molecular complexity index is 1010. The molecular weight excluding hydrogens is 400 g/mol. The van der Waals surface area contributed by atoms with Crippen molar-refractivity contribution in [2.24, 2.45) is 0 Å². The summed E-state index contributed by atoms with van der Waals surface area (Å²) in [6.45, 7) is -3.05. The van der Waals surface area contributed by atoms with Crippen LogP contribution in [0.5, 0.6) is 11.5 Å². The molecule has 10 heteroatoms. The summed E-state index contributed by atoms with van der Waals surface area (Å²) in [7, 11) is 1.29. The Balaban J connectivity index is 1.97. The number of methoxy groups -OCH3 is 1. The second-order valence-corrected chi connectivity index (χ2v) is 6.34. The van der Waals surface area contributed by atoms with Crippen LogP contribution >= 0.6 is 22.9 Å². The number of allylic oxidation sites excluding steroid dienone is 1. The largest absolute Gasteiger partial charge is 0.493 e. The molecule has 3 rings (SSSR count). The van der Waals surface area contributed by atoms with Gasteiger partial charge in [-0.3, -0.25) is 0 Å². The van der Waals surface area contributed by atoms with E-state index in [1.807, 2.05) is 23.6 Å². The second kappa shape index (κ2) is 8.16. The van der Waals surface area contributed by atoms with Crippen LogP contribution in [-0.4, -0.2) is 23.9 Å². The van der Waals surface area contributed by atoms with Crippen LogP contribution < -0.4 is 9.47 Å². The van der Waals surface area contributed by atoms with E-state index in [-0.39, 0.29) is 28.0 Å². The summed E-state index contributed by atoms with van der Waals surface area (Å²) in [6.07, 6.45) is 1.42. The number of hydrogen-bond donors (Lipinski definition) is 0.